The van der Waals surface area contributed by atoms with Crippen LogP contribution in [0.15, 0.2) is 54.7 Å². The zero-order valence-corrected chi connectivity index (χ0v) is 19.2. The number of rotatable bonds is 5. The van der Waals surface area contributed by atoms with Crippen molar-refractivity contribution in [3.8, 4) is 0 Å². The number of hydrogen-bond acceptors (Lipinski definition) is 4. The van der Waals surface area contributed by atoms with Crippen molar-refractivity contribution in [2.24, 2.45) is 0 Å². The molecule has 0 unspecified atom stereocenters. The minimum absolute atomic E-state index is 0.0196. The Morgan fingerprint density at radius 2 is 1.83 bits per heavy atom. The van der Waals surface area contributed by atoms with Crippen LogP contribution in [-0.4, -0.2) is 58.6 Å². The highest BCUT2D eigenvalue weighted by Crippen LogP contribution is 2.21. The number of pyridine rings is 1. The van der Waals surface area contributed by atoms with Gasteiger partial charge in [0.15, 0.2) is 0 Å². The monoisotopic (exact) mass is 497 g/mol. The predicted molar refractivity (Wildman–Crippen MR) is 129 cm³/mol. The molecule has 2 amide bonds. The summed E-state index contributed by atoms with van der Waals surface area (Å²) in [5, 5.41) is 13.6. The summed E-state index contributed by atoms with van der Waals surface area (Å²) < 4.78 is 30.6. The standard InChI is InChI=1S/C24H19ClF2N6O2/c1-32-8-9-33(13-32)22(28)14-2-5-17(19(27)10-14)23(34)30-20-6-4-16(26)11-18(20)24(35)31-21-7-3-15(25)12-29-21/h2-7,10-13,28H,8-9H2,1H3,(H-,29,30,31,34,35)/p+1. The number of hydrogen-bond donors (Lipinski definition) is 3. The van der Waals surface area contributed by atoms with Crippen LogP contribution in [0.2, 0.25) is 5.02 Å². The van der Waals surface area contributed by atoms with Gasteiger partial charge in [0, 0.05) is 11.8 Å². The number of carbonyl (C=O) groups excluding carboxylic acids is 2. The van der Waals surface area contributed by atoms with E-state index in [2.05, 4.69) is 15.6 Å². The van der Waals surface area contributed by atoms with Gasteiger partial charge in [0.1, 0.15) is 30.5 Å². The molecular weight excluding hydrogens is 478 g/mol. The molecule has 35 heavy (non-hydrogen) atoms. The quantitative estimate of drug-likeness (QED) is 0.283. The van der Waals surface area contributed by atoms with E-state index in [0.717, 1.165) is 24.7 Å². The molecule has 2 heterocycles. The fraction of sp³-hybridized carbons (Fsp3) is 0.125. The van der Waals surface area contributed by atoms with Gasteiger partial charge in [-0.15, -0.1) is 0 Å². The molecule has 0 saturated heterocycles. The second kappa shape index (κ2) is 9.98. The van der Waals surface area contributed by atoms with E-state index < -0.39 is 23.4 Å². The molecule has 0 atom stereocenters. The SMILES string of the molecule is C[N+]1=CN(C(=N)c2ccc(C(=O)Nc3ccc(F)cc3C(=O)Nc3ccc(Cl)cn3)c(F)c2)CC1. The molecule has 0 spiro atoms. The Morgan fingerprint density at radius 3 is 2.49 bits per heavy atom. The van der Waals surface area contributed by atoms with Gasteiger partial charge in [0.25, 0.3) is 11.8 Å². The average molecular weight is 498 g/mol. The van der Waals surface area contributed by atoms with Crippen molar-refractivity contribution < 1.29 is 22.9 Å². The number of amidine groups is 1. The van der Waals surface area contributed by atoms with Crippen LogP contribution in [0.3, 0.4) is 0 Å². The summed E-state index contributed by atoms with van der Waals surface area (Å²) in [5.74, 6) is -2.82. The molecule has 4 rings (SSSR count). The van der Waals surface area contributed by atoms with E-state index in [1.807, 2.05) is 11.6 Å². The first-order valence-electron chi connectivity index (χ1n) is 10.5. The number of amides is 2. The van der Waals surface area contributed by atoms with Gasteiger partial charge >= 0.3 is 0 Å². The van der Waals surface area contributed by atoms with Gasteiger partial charge in [-0.25, -0.2) is 18.7 Å². The zero-order valence-electron chi connectivity index (χ0n) is 18.5. The lowest BCUT2D eigenvalue weighted by Crippen LogP contribution is -2.28. The van der Waals surface area contributed by atoms with Crippen LogP contribution in [0, 0.1) is 17.0 Å². The molecule has 11 heteroatoms. The minimum Gasteiger partial charge on any atom is -0.321 e. The zero-order chi connectivity index (χ0) is 25.1. The number of carbonyl (C=O) groups is 2. The van der Waals surface area contributed by atoms with Crippen molar-refractivity contribution in [2.45, 2.75) is 0 Å². The summed E-state index contributed by atoms with van der Waals surface area (Å²) in [7, 11) is 1.87. The third-order valence-corrected chi connectivity index (χ3v) is 5.47. The van der Waals surface area contributed by atoms with Gasteiger partial charge in [-0.3, -0.25) is 19.6 Å². The highest BCUT2D eigenvalue weighted by molar-refractivity contribution is 6.30. The van der Waals surface area contributed by atoms with Crippen LogP contribution in [-0.2, 0) is 0 Å². The fourth-order valence-corrected chi connectivity index (χ4v) is 3.55. The first-order chi connectivity index (χ1) is 16.7. The number of nitrogens with one attached hydrogen (secondary N) is 3. The van der Waals surface area contributed by atoms with E-state index >= 15 is 0 Å². The lowest BCUT2D eigenvalue weighted by molar-refractivity contribution is -0.482. The van der Waals surface area contributed by atoms with Crippen LogP contribution < -0.4 is 10.6 Å². The van der Waals surface area contributed by atoms with E-state index in [9.17, 15) is 18.4 Å². The highest BCUT2D eigenvalue weighted by Gasteiger charge is 2.25. The predicted octanol–water partition coefficient (Wildman–Crippen LogP) is 3.83. The molecular formula is C24H20ClF2N6O2+. The van der Waals surface area contributed by atoms with E-state index in [-0.39, 0.29) is 28.5 Å². The van der Waals surface area contributed by atoms with Crippen molar-refractivity contribution in [3.63, 3.8) is 0 Å². The number of nitrogens with zero attached hydrogens (tertiary/aromatic N) is 3. The van der Waals surface area contributed by atoms with E-state index in [1.54, 1.807) is 11.2 Å². The van der Waals surface area contributed by atoms with E-state index in [1.165, 1.54) is 36.5 Å². The summed E-state index contributed by atoms with van der Waals surface area (Å²) in [4.78, 5) is 31.1. The first kappa shape index (κ1) is 24.0. The summed E-state index contributed by atoms with van der Waals surface area (Å²) in [6.07, 6.45) is 3.08. The van der Waals surface area contributed by atoms with Crippen molar-refractivity contribution in [3.05, 3.63) is 88.1 Å². The van der Waals surface area contributed by atoms with Crippen molar-refractivity contribution in [1.29, 1.82) is 5.41 Å². The Bertz CT molecular complexity index is 1360. The summed E-state index contributed by atoms with van der Waals surface area (Å²) in [5.41, 5.74) is -0.182. The van der Waals surface area contributed by atoms with Gasteiger partial charge in [0.05, 0.1) is 28.9 Å². The van der Waals surface area contributed by atoms with Crippen LogP contribution in [0.1, 0.15) is 26.3 Å². The van der Waals surface area contributed by atoms with Gasteiger partial charge < -0.3 is 10.6 Å². The molecule has 1 aliphatic rings. The molecule has 3 aromatic rings. The first-order valence-corrected chi connectivity index (χ1v) is 10.8. The lowest BCUT2D eigenvalue weighted by Gasteiger charge is -2.13. The number of likely N-dealkylation sites (N-methyl/N-ethyl adjacent to an activating group) is 1. The van der Waals surface area contributed by atoms with Gasteiger partial charge in [-0.1, -0.05) is 11.6 Å². The van der Waals surface area contributed by atoms with E-state index in [0.29, 0.717) is 17.1 Å². The molecule has 0 fully saturated rings. The van der Waals surface area contributed by atoms with Crippen LogP contribution in [0.5, 0.6) is 0 Å². The Kier molecular flexibility index (Phi) is 6.83. The summed E-state index contributed by atoms with van der Waals surface area (Å²) >= 11 is 5.78. The Hall–Kier alpha value is -4.18. The Morgan fingerprint density at radius 1 is 1.06 bits per heavy atom. The molecule has 0 bridgehead atoms. The van der Waals surface area contributed by atoms with Crippen LogP contribution in [0.4, 0.5) is 20.3 Å². The maximum atomic E-state index is 14.8. The maximum absolute atomic E-state index is 14.8. The van der Waals surface area contributed by atoms with Gasteiger partial charge in [-0.05, 0) is 48.5 Å². The van der Waals surface area contributed by atoms with Crippen molar-refractivity contribution in [2.75, 3.05) is 30.8 Å². The summed E-state index contributed by atoms with van der Waals surface area (Å²) in [6.45, 7) is 1.34. The number of halogens is 3. The largest absolute Gasteiger partial charge is 0.321 e. The minimum atomic E-state index is -0.837. The number of anilines is 2. The second-order valence-corrected chi connectivity index (χ2v) is 8.23. The highest BCUT2D eigenvalue weighted by atomic mass is 35.5. The molecule has 0 saturated carbocycles. The molecule has 0 radical (unpaired) electrons. The Labute approximate surface area is 204 Å². The lowest BCUT2D eigenvalue weighted by atomic mass is 10.1. The molecule has 1 aromatic heterocycles. The fourth-order valence-electron chi connectivity index (χ4n) is 3.44. The number of aromatic nitrogens is 1. The molecule has 178 valence electrons. The van der Waals surface area contributed by atoms with Crippen molar-refractivity contribution >= 4 is 47.1 Å². The molecule has 8 nitrogen and oxygen atoms in total. The molecule has 0 aliphatic carbocycles. The van der Waals surface area contributed by atoms with E-state index in [4.69, 9.17) is 17.0 Å². The maximum Gasteiger partial charge on any atom is 0.259 e. The molecule has 2 aromatic carbocycles. The Balaban J connectivity index is 1.53. The topological polar surface area (TPSA) is 101 Å². The summed E-state index contributed by atoms with van der Waals surface area (Å²) in [6, 6.07) is 10.0. The average Bonchev–Trinajstić information content (AvgIpc) is 3.27. The van der Waals surface area contributed by atoms with Crippen LogP contribution in [0.25, 0.3) is 0 Å². The molecule has 1 aliphatic heterocycles. The van der Waals surface area contributed by atoms with Crippen LogP contribution >= 0.6 is 11.6 Å². The third-order valence-electron chi connectivity index (χ3n) is 5.25. The number of benzene rings is 2. The molecule has 3 N–H and O–H groups in total. The van der Waals surface area contributed by atoms with Gasteiger partial charge in [-0.2, -0.15) is 0 Å². The van der Waals surface area contributed by atoms with Crippen molar-refractivity contribution in [1.82, 2.24) is 9.88 Å². The van der Waals surface area contributed by atoms with Gasteiger partial charge in [0.2, 0.25) is 12.2 Å². The third kappa shape index (κ3) is 5.49. The normalized spacial score (nSPS) is 12.8. The smallest absolute Gasteiger partial charge is 0.259 e. The second-order valence-electron chi connectivity index (χ2n) is 7.79.